The number of hydrogen-bond donors (Lipinski definition) is 1. The molecular weight excluding hydrogens is 368 g/mol. The molecule has 134 valence electrons. The van der Waals surface area contributed by atoms with Gasteiger partial charge in [0, 0.05) is 22.9 Å². The Hall–Kier alpha value is -2.18. The molecule has 0 radical (unpaired) electrons. The van der Waals surface area contributed by atoms with E-state index in [-0.39, 0.29) is 5.91 Å². The van der Waals surface area contributed by atoms with Gasteiger partial charge in [-0.05, 0) is 42.7 Å². The smallest absolute Gasteiger partial charge is 0.261 e. The Bertz CT molecular complexity index is 916. The first-order chi connectivity index (χ1) is 12.7. The number of hydrogen-bond acceptors (Lipinski definition) is 4. The quantitative estimate of drug-likeness (QED) is 0.726. The van der Waals surface area contributed by atoms with E-state index >= 15 is 0 Å². The zero-order chi connectivity index (χ0) is 17.9. The summed E-state index contributed by atoms with van der Waals surface area (Å²) in [5.41, 5.74) is 1.06. The third-order valence-electron chi connectivity index (χ3n) is 4.55. The van der Waals surface area contributed by atoms with Crippen molar-refractivity contribution in [3.63, 3.8) is 0 Å². The van der Waals surface area contributed by atoms with E-state index in [0.29, 0.717) is 16.4 Å². The fourth-order valence-electron chi connectivity index (χ4n) is 3.15. The summed E-state index contributed by atoms with van der Waals surface area (Å²) >= 11 is 7.40. The standard InChI is InChI=1S/C19H19ClN4OS/c20-14-7-5-13(6-8-14)15-9-10-16(26-15)19(25)21-12-18-23-22-17-4-2-1-3-11-24(17)18/h5-10H,1-4,11-12H2,(H,21,25). The van der Waals surface area contributed by atoms with Gasteiger partial charge in [0.25, 0.3) is 5.91 Å². The fraction of sp³-hybridized carbons (Fsp3) is 0.316. The van der Waals surface area contributed by atoms with Gasteiger partial charge in [-0.3, -0.25) is 4.79 Å². The predicted octanol–water partition coefficient (Wildman–Crippen LogP) is 4.32. The van der Waals surface area contributed by atoms with Crippen LogP contribution in [0.5, 0.6) is 0 Å². The summed E-state index contributed by atoms with van der Waals surface area (Å²) < 4.78 is 2.15. The number of nitrogens with zero attached hydrogens (tertiary/aromatic N) is 3. The molecule has 1 N–H and O–H groups in total. The Morgan fingerprint density at radius 1 is 1.12 bits per heavy atom. The first-order valence-corrected chi connectivity index (χ1v) is 9.95. The minimum atomic E-state index is -0.0822. The number of carbonyl (C=O) groups is 1. The van der Waals surface area contributed by atoms with Crippen molar-refractivity contribution in [2.75, 3.05) is 0 Å². The van der Waals surface area contributed by atoms with Crippen molar-refractivity contribution in [1.82, 2.24) is 20.1 Å². The molecule has 0 aliphatic carbocycles. The van der Waals surface area contributed by atoms with Crippen LogP contribution in [-0.2, 0) is 19.5 Å². The molecule has 0 fully saturated rings. The van der Waals surface area contributed by atoms with Crippen LogP contribution in [0.25, 0.3) is 10.4 Å². The lowest BCUT2D eigenvalue weighted by Gasteiger charge is -2.07. The molecule has 3 aromatic rings. The third-order valence-corrected chi connectivity index (χ3v) is 5.94. The molecule has 7 heteroatoms. The molecule has 0 bridgehead atoms. The lowest BCUT2D eigenvalue weighted by Crippen LogP contribution is -2.24. The van der Waals surface area contributed by atoms with Gasteiger partial charge < -0.3 is 9.88 Å². The summed E-state index contributed by atoms with van der Waals surface area (Å²) in [5.74, 6) is 1.79. The molecule has 3 heterocycles. The van der Waals surface area contributed by atoms with Gasteiger partial charge in [-0.15, -0.1) is 21.5 Å². The Morgan fingerprint density at radius 3 is 2.81 bits per heavy atom. The van der Waals surface area contributed by atoms with E-state index in [4.69, 9.17) is 11.6 Å². The predicted molar refractivity (Wildman–Crippen MR) is 104 cm³/mol. The van der Waals surface area contributed by atoms with Gasteiger partial charge in [-0.2, -0.15) is 0 Å². The molecule has 5 nitrogen and oxygen atoms in total. The van der Waals surface area contributed by atoms with Crippen LogP contribution in [0.15, 0.2) is 36.4 Å². The minimum absolute atomic E-state index is 0.0822. The molecule has 26 heavy (non-hydrogen) atoms. The maximum atomic E-state index is 12.5. The SMILES string of the molecule is O=C(NCc1nnc2n1CCCCC2)c1ccc(-c2ccc(Cl)cc2)s1. The first kappa shape index (κ1) is 17.2. The number of aromatic nitrogens is 3. The van der Waals surface area contributed by atoms with E-state index in [1.54, 1.807) is 0 Å². The molecule has 0 saturated carbocycles. The van der Waals surface area contributed by atoms with E-state index in [1.165, 1.54) is 17.8 Å². The first-order valence-electron chi connectivity index (χ1n) is 8.75. The van der Waals surface area contributed by atoms with E-state index in [0.717, 1.165) is 47.9 Å². The Balaban J connectivity index is 1.43. The normalized spacial score (nSPS) is 13.9. The lowest BCUT2D eigenvalue weighted by atomic mass is 10.2. The van der Waals surface area contributed by atoms with Gasteiger partial charge in [-0.1, -0.05) is 30.2 Å². The molecule has 0 saturated heterocycles. The molecule has 1 aromatic carbocycles. The van der Waals surface area contributed by atoms with Crippen LogP contribution in [0.2, 0.25) is 5.02 Å². The fourth-order valence-corrected chi connectivity index (χ4v) is 4.21. The van der Waals surface area contributed by atoms with Crippen molar-refractivity contribution >= 4 is 28.8 Å². The van der Waals surface area contributed by atoms with Crippen molar-refractivity contribution in [3.8, 4) is 10.4 Å². The van der Waals surface area contributed by atoms with Gasteiger partial charge in [0.1, 0.15) is 5.82 Å². The zero-order valence-electron chi connectivity index (χ0n) is 14.2. The summed E-state index contributed by atoms with van der Waals surface area (Å²) in [7, 11) is 0. The Morgan fingerprint density at radius 2 is 1.96 bits per heavy atom. The molecular formula is C19H19ClN4OS. The number of benzene rings is 1. The van der Waals surface area contributed by atoms with Gasteiger partial charge in [0.05, 0.1) is 11.4 Å². The van der Waals surface area contributed by atoms with Crippen LogP contribution >= 0.6 is 22.9 Å². The van der Waals surface area contributed by atoms with Crippen LogP contribution < -0.4 is 5.32 Å². The van der Waals surface area contributed by atoms with Crippen molar-refractivity contribution in [2.45, 2.75) is 38.8 Å². The van der Waals surface area contributed by atoms with Crippen LogP contribution in [0.1, 0.15) is 40.6 Å². The number of thiophene rings is 1. The van der Waals surface area contributed by atoms with E-state index in [2.05, 4.69) is 20.1 Å². The molecule has 2 aromatic heterocycles. The van der Waals surface area contributed by atoms with Gasteiger partial charge >= 0.3 is 0 Å². The van der Waals surface area contributed by atoms with Crippen molar-refractivity contribution in [1.29, 1.82) is 0 Å². The highest BCUT2D eigenvalue weighted by Crippen LogP contribution is 2.29. The summed E-state index contributed by atoms with van der Waals surface area (Å²) in [6.45, 7) is 1.34. The maximum absolute atomic E-state index is 12.5. The molecule has 1 aliphatic rings. The molecule has 1 amide bonds. The molecule has 0 spiro atoms. The number of fused-ring (bicyclic) bond motifs is 1. The minimum Gasteiger partial charge on any atom is -0.344 e. The summed E-state index contributed by atoms with van der Waals surface area (Å²) in [6, 6.07) is 11.4. The lowest BCUT2D eigenvalue weighted by molar-refractivity contribution is 0.0953. The van der Waals surface area contributed by atoms with Crippen molar-refractivity contribution < 1.29 is 4.79 Å². The second kappa shape index (κ2) is 7.60. The number of nitrogens with one attached hydrogen (secondary N) is 1. The highest BCUT2D eigenvalue weighted by Gasteiger charge is 2.16. The Labute approximate surface area is 161 Å². The summed E-state index contributed by atoms with van der Waals surface area (Å²) in [6.07, 6.45) is 4.49. The number of halogens is 1. The highest BCUT2D eigenvalue weighted by molar-refractivity contribution is 7.17. The average Bonchev–Trinajstić information content (AvgIpc) is 3.22. The van der Waals surface area contributed by atoms with Crippen molar-refractivity contribution in [3.05, 3.63) is 57.9 Å². The zero-order valence-corrected chi connectivity index (χ0v) is 15.8. The largest absolute Gasteiger partial charge is 0.344 e. The highest BCUT2D eigenvalue weighted by atomic mass is 35.5. The van der Waals surface area contributed by atoms with Crippen LogP contribution in [0.4, 0.5) is 0 Å². The molecule has 0 atom stereocenters. The van der Waals surface area contributed by atoms with E-state index in [9.17, 15) is 4.79 Å². The van der Waals surface area contributed by atoms with Crippen molar-refractivity contribution in [2.24, 2.45) is 0 Å². The second-order valence-corrected chi connectivity index (χ2v) is 7.87. The molecule has 4 rings (SSSR count). The number of carbonyl (C=O) groups excluding carboxylic acids is 1. The van der Waals surface area contributed by atoms with Crippen LogP contribution in [0, 0.1) is 0 Å². The second-order valence-electron chi connectivity index (χ2n) is 6.35. The molecule has 0 unspecified atom stereocenters. The van der Waals surface area contributed by atoms with Crippen LogP contribution in [0.3, 0.4) is 0 Å². The summed E-state index contributed by atoms with van der Waals surface area (Å²) in [4.78, 5) is 14.2. The number of rotatable bonds is 4. The topological polar surface area (TPSA) is 59.8 Å². The molecule has 1 aliphatic heterocycles. The van der Waals surface area contributed by atoms with Crippen LogP contribution in [-0.4, -0.2) is 20.7 Å². The van der Waals surface area contributed by atoms with E-state index in [1.807, 2.05) is 36.4 Å². The van der Waals surface area contributed by atoms with E-state index < -0.39 is 0 Å². The summed E-state index contributed by atoms with van der Waals surface area (Å²) in [5, 5.41) is 12.2. The maximum Gasteiger partial charge on any atom is 0.261 e. The van der Waals surface area contributed by atoms with Gasteiger partial charge in [0.15, 0.2) is 5.82 Å². The van der Waals surface area contributed by atoms with Gasteiger partial charge in [0.2, 0.25) is 0 Å². The Kier molecular flexibility index (Phi) is 5.04. The average molecular weight is 387 g/mol. The third kappa shape index (κ3) is 3.66. The monoisotopic (exact) mass is 386 g/mol. The number of amides is 1. The number of aryl methyl sites for hydroxylation is 1. The van der Waals surface area contributed by atoms with Gasteiger partial charge in [-0.25, -0.2) is 0 Å².